The van der Waals surface area contributed by atoms with Crippen LogP contribution >= 0.6 is 11.3 Å². The highest BCUT2D eigenvalue weighted by atomic mass is 32.1. The third-order valence-electron chi connectivity index (χ3n) is 7.32. The number of methoxy groups -OCH3 is 1. The Kier molecular flexibility index (Phi) is 5.96. The van der Waals surface area contributed by atoms with Gasteiger partial charge < -0.3 is 4.74 Å². The van der Waals surface area contributed by atoms with E-state index in [2.05, 4.69) is 0 Å². The van der Waals surface area contributed by atoms with Gasteiger partial charge >= 0.3 is 5.97 Å². The second-order valence-electron chi connectivity index (χ2n) is 9.40. The molecule has 38 heavy (non-hydrogen) atoms. The summed E-state index contributed by atoms with van der Waals surface area (Å²) in [5.74, 6) is -2.52. The van der Waals surface area contributed by atoms with Crippen molar-refractivity contribution in [3.05, 3.63) is 86.3 Å². The third kappa shape index (κ3) is 3.69. The molecule has 0 radical (unpaired) electrons. The lowest BCUT2D eigenvalue weighted by molar-refractivity contribution is -0.384. The number of aryl methyl sites for hydroxylation is 1. The number of imide groups is 1. The zero-order valence-corrected chi connectivity index (χ0v) is 21.2. The predicted molar refractivity (Wildman–Crippen MR) is 138 cm³/mol. The van der Waals surface area contributed by atoms with Crippen molar-refractivity contribution in [3.8, 4) is 0 Å². The quantitative estimate of drug-likeness (QED) is 0.205. The minimum Gasteiger partial charge on any atom is -0.465 e. The van der Waals surface area contributed by atoms with E-state index in [0.29, 0.717) is 17.7 Å². The van der Waals surface area contributed by atoms with Crippen molar-refractivity contribution in [3.63, 3.8) is 0 Å². The Balaban J connectivity index is 1.44. The van der Waals surface area contributed by atoms with Crippen LogP contribution in [-0.4, -0.2) is 35.9 Å². The molecule has 2 aliphatic heterocycles. The Labute approximate surface area is 221 Å². The van der Waals surface area contributed by atoms with Gasteiger partial charge in [0.25, 0.3) is 11.6 Å². The summed E-state index contributed by atoms with van der Waals surface area (Å²) >= 11 is 1.29. The average molecular weight is 534 g/mol. The summed E-state index contributed by atoms with van der Waals surface area (Å²) in [6.07, 6.45) is 2.22. The molecular weight excluding hydrogens is 510 g/mol. The van der Waals surface area contributed by atoms with E-state index in [9.17, 15) is 24.5 Å². The minimum absolute atomic E-state index is 0.0854. The van der Waals surface area contributed by atoms with Gasteiger partial charge in [0.2, 0.25) is 5.91 Å². The molecule has 1 aromatic heterocycles. The maximum absolute atomic E-state index is 14.1. The van der Waals surface area contributed by atoms with Gasteiger partial charge in [-0.25, -0.2) is 14.8 Å². The van der Waals surface area contributed by atoms with Crippen LogP contribution in [0.2, 0.25) is 0 Å². The first-order valence-electron chi connectivity index (χ1n) is 12.3. The number of fused-ring (bicyclic) bond motifs is 2. The number of amides is 2. The van der Waals surface area contributed by atoms with E-state index in [4.69, 9.17) is 9.57 Å². The lowest BCUT2D eigenvalue weighted by Crippen LogP contribution is -2.37. The Hall–Kier alpha value is -4.09. The first kappa shape index (κ1) is 24.3. The molecule has 3 aliphatic rings. The van der Waals surface area contributed by atoms with Gasteiger partial charge in [0, 0.05) is 17.0 Å². The van der Waals surface area contributed by atoms with Crippen LogP contribution in [0.3, 0.4) is 0 Å². The van der Waals surface area contributed by atoms with Gasteiger partial charge in [0.1, 0.15) is 10.9 Å². The summed E-state index contributed by atoms with van der Waals surface area (Å²) in [5, 5.41) is 13.0. The molecule has 6 rings (SSSR count). The number of carbonyl (C=O) groups excluding carboxylic acids is 3. The molecule has 1 aliphatic carbocycles. The van der Waals surface area contributed by atoms with Gasteiger partial charge in [0.05, 0.1) is 29.3 Å². The molecule has 10 nitrogen and oxygen atoms in total. The molecule has 0 N–H and O–H groups in total. The molecule has 3 atom stereocenters. The summed E-state index contributed by atoms with van der Waals surface area (Å²) in [5.41, 5.74) is 2.27. The number of para-hydroxylation sites is 1. The van der Waals surface area contributed by atoms with E-state index in [-0.39, 0.29) is 16.3 Å². The molecule has 0 spiro atoms. The molecule has 194 valence electrons. The molecule has 2 amide bonds. The number of non-ortho nitro benzene ring substituents is 1. The molecule has 3 aromatic rings. The fourth-order valence-corrected chi connectivity index (χ4v) is 6.95. The number of hydroxylamine groups is 1. The van der Waals surface area contributed by atoms with E-state index in [0.717, 1.165) is 34.6 Å². The van der Waals surface area contributed by atoms with Crippen LogP contribution in [-0.2, 0) is 32.0 Å². The average Bonchev–Trinajstić information content (AvgIpc) is 3.59. The molecular formula is C27H23N3O7S. The third-order valence-corrected chi connectivity index (χ3v) is 8.59. The van der Waals surface area contributed by atoms with E-state index in [1.165, 1.54) is 35.6 Å². The smallest absolute Gasteiger partial charge is 0.341 e. The van der Waals surface area contributed by atoms with Crippen molar-refractivity contribution in [2.24, 2.45) is 5.92 Å². The van der Waals surface area contributed by atoms with Gasteiger partial charge in [-0.05, 0) is 48.9 Å². The molecule has 2 saturated heterocycles. The Morgan fingerprint density at radius 1 is 1.05 bits per heavy atom. The van der Waals surface area contributed by atoms with Crippen LogP contribution in [0.1, 0.15) is 45.2 Å². The summed E-state index contributed by atoms with van der Waals surface area (Å²) < 4.78 is 5.05. The van der Waals surface area contributed by atoms with Crippen LogP contribution in [0.25, 0.3) is 0 Å². The number of thiophene rings is 1. The van der Waals surface area contributed by atoms with Gasteiger partial charge in [-0.2, -0.15) is 0 Å². The molecule has 0 saturated carbocycles. The summed E-state index contributed by atoms with van der Waals surface area (Å²) in [7, 11) is 1.28. The number of hydrogen-bond donors (Lipinski definition) is 0. The number of ether oxygens (including phenoxy) is 1. The Morgan fingerprint density at radius 3 is 2.45 bits per heavy atom. The maximum Gasteiger partial charge on any atom is 0.341 e. The van der Waals surface area contributed by atoms with Crippen molar-refractivity contribution in [1.82, 2.24) is 0 Å². The van der Waals surface area contributed by atoms with Crippen molar-refractivity contribution >= 4 is 45.5 Å². The second-order valence-corrected chi connectivity index (χ2v) is 10.5. The topological polar surface area (TPSA) is 119 Å². The fraction of sp³-hybridized carbons (Fsp3) is 0.296. The first-order valence-corrected chi connectivity index (χ1v) is 13.1. The van der Waals surface area contributed by atoms with Crippen molar-refractivity contribution in [2.75, 3.05) is 17.1 Å². The highest BCUT2D eigenvalue weighted by Gasteiger charge is 2.61. The zero-order chi connectivity index (χ0) is 26.6. The molecule has 2 fully saturated rings. The minimum atomic E-state index is -1.12. The first-order chi connectivity index (χ1) is 18.4. The van der Waals surface area contributed by atoms with Gasteiger partial charge in [-0.3, -0.25) is 24.5 Å². The number of nitrogens with zero attached hydrogens (tertiary/aromatic N) is 3. The Bertz CT molecular complexity index is 1450. The number of rotatable bonds is 5. The number of anilines is 2. The zero-order valence-electron chi connectivity index (χ0n) is 20.4. The Morgan fingerprint density at radius 2 is 1.76 bits per heavy atom. The summed E-state index contributed by atoms with van der Waals surface area (Å²) in [6.45, 7) is 0. The normalized spacial score (nSPS) is 22.4. The number of esters is 1. The molecule has 3 heterocycles. The lowest BCUT2D eigenvalue weighted by Gasteiger charge is -2.28. The van der Waals surface area contributed by atoms with Crippen LogP contribution in [0.4, 0.5) is 16.4 Å². The van der Waals surface area contributed by atoms with Crippen molar-refractivity contribution in [1.29, 1.82) is 0 Å². The van der Waals surface area contributed by atoms with Gasteiger partial charge in [-0.1, -0.05) is 30.3 Å². The van der Waals surface area contributed by atoms with Crippen LogP contribution in [0.5, 0.6) is 0 Å². The largest absolute Gasteiger partial charge is 0.465 e. The van der Waals surface area contributed by atoms with E-state index >= 15 is 0 Å². The van der Waals surface area contributed by atoms with Crippen LogP contribution in [0.15, 0.2) is 54.6 Å². The van der Waals surface area contributed by atoms with Crippen molar-refractivity contribution in [2.45, 2.75) is 37.8 Å². The highest BCUT2D eigenvalue weighted by Crippen LogP contribution is 2.50. The number of nitro benzene ring substituents is 1. The van der Waals surface area contributed by atoms with Crippen LogP contribution in [0, 0.1) is 16.0 Å². The monoisotopic (exact) mass is 533 g/mol. The summed E-state index contributed by atoms with van der Waals surface area (Å²) in [4.78, 5) is 59.6. The second kappa shape index (κ2) is 9.34. The molecule has 0 bridgehead atoms. The molecule has 0 unspecified atom stereocenters. The predicted octanol–water partition coefficient (Wildman–Crippen LogP) is 4.37. The fourth-order valence-electron chi connectivity index (χ4n) is 5.57. The summed E-state index contributed by atoms with van der Waals surface area (Å²) in [6, 6.07) is 14.2. The number of nitro groups is 1. The number of hydrogen-bond acceptors (Lipinski definition) is 9. The van der Waals surface area contributed by atoms with E-state index < -0.39 is 40.8 Å². The molecule has 11 heteroatoms. The van der Waals surface area contributed by atoms with Gasteiger partial charge in [-0.15, -0.1) is 11.3 Å². The standard InChI is InChI=1S/C27H23N3O7S/c1-36-27(33)20-18-9-5-6-10-19(18)38-26(20)28-24(31)21-22(15-11-13-17(14-12-15)30(34)35)29(37-23(21)25(28)32)16-7-3-2-4-8-16/h2-4,7-8,11-14,21-23H,5-6,9-10H2,1H3/t21-,22+,23+/m0/s1. The highest BCUT2D eigenvalue weighted by molar-refractivity contribution is 7.17. The van der Waals surface area contributed by atoms with Crippen molar-refractivity contribution < 1.29 is 28.9 Å². The maximum atomic E-state index is 14.1. The van der Waals surface area contributed by atoms with E-state index in [1.807, 2.05) is 18.2 Å². The SMILES string of the molecule is COC(=O)c1c(N2C(=O)[C@H]3[C@@H](c4ccc([N+](=O)[O-])cc4)N(c4ccccc4)O[C@H]3C2=O)sc2c1CCCC2. The van der Waals surface area contributed by atoms with E-state index in [1.54, 1.807) is 24.3 Å². The number of carbonyl (C=O) groups is 3. The van der Waals surface area contributed by atoms with Gasteiger partial charge in [0.15, 0.2) is 6.10 Å². The van der Waals surface area contributed by atoms with Crippen LogP contribution < -0.4 is 9.96 Å². The molecule has 2 aromatic carbocycles. The lowest BCUT2D eigenvalue weighted by atomic mass is 9.90. The number of benzene rings is 2.